The van der Waals surface area contributed by atoms with Crippen molar-refractivity contribution < 1.29 is 9.18 Å². The van der Waals surface area contributed by atoms with Crippen LogP contribution in [-0.2, 0) is 4.79 Å². The second-order valence-electron chi connectivity index (χ2n) is 6.97. The van der Waals surface area contributed by atoms with Crippen molar-refractivity contribution >= 4 is 23.2 Å². The maximum absolute atomic E-state index is 13.1. The van der Waals surface area contributed by atoms with E-state index < -0.39 is 0 Å². The Kier molecular flexibility index (Phi) is 5.29. The van der Waals surface area contributed by atoms with Gasteiger partial charge in [0, 0.05) is 42.9 Å². The Labute approximate surface area is 163 Å². The van der Waals surface area contributed by atoms with Crippen molar-refractivity contribution in [2.24, 2.45) is 0 Å². The summed E-state index contributed by atoms with van der Waals surface area (Å²) in [5, 5.41) is 0.725. The fourth-order valence-electron chi connectivity index (χ4n) is 3.69. The Balaban J connectivity index is 1.32. The van der Waals surface area contributed by atoms with Gasteiger partial charge < -0.3 is 9.80 Å². The molecular weight excluding hydrogens is 367 g/mol. The van der Waals surface area contributed by atoms with Crippen LogP contribution in [0.1, 0.15) is 18.0 Å². The minimum absolute atomic E-state index is 0.00917. The van der Waals surface area contributed by atoms with E-state index in [2.05, 4.69) is 15.8 Å². The van der Waals surface area contributed by atoms with Crippen molar-refractivity contribution in [2.45, 2.75) is 18.5 Å². The molecule has 2 aromatic carbocycles. The van der Waals surface area contributed by atoms with Crippen LogP contribution < -0.4 is 15.8 Å². The van der Waals surface area contributed by atoms with Gasteiger partial charge in [-0.25, -0.2) is 15.2 Å². The molecule has 142 valence electrons. The largest absolute Gasteiger partial charge is 0.368 e. The number of hydrogen-bond acceptors (Lipinski definition) is 4. The van der Waals surface area contributed by atoms with Gasteiger partial charge in [-0.1, -0.05) is 23.7 Å². The number of piperazine rings is 1. The molecule has 2 heterocycles. The second kappa shape index (κ2) is 7.84. The number of rotatable bonds is 3. The molecule has 7 heteroatoms. The third kappa shape index (κ3) is 4.08. The average molecular weight is 389 g/mol. The lowest BCUT2D eigenvalue weighted by Gasteiger charge is -2.37. The number of nitrogens with one attached hydrogen (secondary N) is 2. The Bertz CT molecular complexity index is 791. The molecule has 2 aliphatic rings. The predicted molar refractivity (Wildman–Crippen MR) is 104 cm³/mol. The third-order valence-electron chi connectivity index (χ3n) is 5.26. The van der Waals surface area contributed by atoms with E-state index in [1.165, 1.54) is 12.1 Å². The van der Waals surface area contributed by atoms with E-state index in [-0.39, 0.29) is 23.8 Å². The molecule has 0 aromatic heterocycles. The van der Waals surface area contributed by atoms with Crippen molar-refractivity contribution in [1.29, 1.82) is 0 Å². The van der Waals surface area contributed by atoms with Crippen LogP contribution >= 0.6 is 11.6 Å². The zero-order chi connectivity index (χ0) is 18.8. The summed E-state index contributed by atoms with van der Waals surface area (Å²) in [5.74, 6) is -0.140. The highest BCUT2D eigenvalue weighted by molar-refractivity contribution is 6.30. The zero-order valence-corrected chi connectivity index (χ0v) is 15.6. The van der Waals surface area contributed by atoms with Crippen molar-refractivity contribution in [3.05, 3.63) is 64.9 Å². The molecule has 2 N–H and O–H groups in total. The standard InChI is InChI=1S/C20H22ClFN4O/c21-15-3-7-17(8-4-15)25-9-11-26(12-10-25)20(27)19-13-18(23-24-19)14-1-5-16(22)6-2-14/h1-8,18-19,23-24H,9-13H2. The van der Waals surface area contributed by atoms with Crippen LogP contribution in [0.4, 0.5) is 10.1 Å². The first-order valence-electron chi connectivity index (χ1n) is 9.16. The summed E-state index contributed by atoms with van der Waals surface area (Å²) in [6.07, 6.45) is 0.655. The van der Waals surface area contributed by atoms with E-state index >= 15 is 0 Å². The van der Waals surface area contributed by atoms with Crippen molar-refractivity contribution in [3.8, 4) is 0 Å². The van der Waals surface area contributed by atoms with Gasteiger partial charge in [-0.3, -0.25) is 4.79 Å². The number of nitrogens with zero attached hydrogens (tertiary/aromatic N) is 2. The number of carbonyl (C=O) groups excluding carboxylic acids is 1. The van der Waals surface area contributed by atoms with Crippen LogP contribution in [0.2, 0.25) is 5.02 Å². The molecule has 1 amide bonds. The van der Waals surface area contributed by atoms with Gasteiger partial charge in [0.15, 0.2) is 0 Å². The number of anilines is 1. The summed E-state index contributed by atoms with van der Waals surface area (Å²) in [5.41, 5.74) is 8.37. The molecule has 2 saturated heterocycles. The summed E-state index contributed by atoms with van der Waals surface area (Å²) in [6, 6.07) is 13.9. The van der Waals surface area contributed by atoms with E-state index in [9.17, 15) is 9.18 Å². The van der Waals surface area contributed by atoms with Crippen molar-refractivity contribution in [1.82, 2.24) is 15.8 Å². The molecule has 5 nitrogen and oxygen atoms in total. The average Bonchev–Trinajstić information content (AvgIpc) is 3.19. The normalized spacial score (nSPS) is 22.9. The number of hydrogen-bond donors (Lipinski definition) is 2. The highest BCUT2D eigenvalue weighted by Crippen LogP contribution is 2.24. The molecular formula is C20H22ClFN4O. The SMILES string of the molecule is O=C(C1CC(c2ccc(F)cc2)NN1)N1CCN(c2ccc(Cl)cc2)CC1. The molecule has 0 saturated carbocycles. The van der Waals surface area contributed by atoms with Crippen LogP contribution in [0.5, 0.6) is 0 Å². The summed E-state index contributed by atoms with van der Waals surface area (Å²) < 4.78 is 13.1. The molecule has 27 heavy (non-hydrogen) atoms. The van der Waals surface area contributed by atoms with Gasteiger partial charge in [-0.05, 0) is 48.4 Å². The minimum Gasteiger partial charge on any atom is -0.368 e. The maximum Gasteiger partial charge on any atom is 0.241 e. The Hall–Kier alpha value is -2.15. The van der Waals surface area contributed by atoms with Crippen LogP contribution in [0, 0.1) is 5.82 Å². The fourth-order valence-corrected chi connectivity index (χ4v) is 3.82. The molecule has 2 atom stereocenters. The van der Waals surface area contributed by atoms with Gasteiger partial charge in [-0.2, -0.15) is 0 Å². The summed E-state index contributed by atoms with van der Waals surface area (Å²) in [4.78, 5) is 17.0. The summed E-state index contributed by atoms with van der Waals surface area (Å²) >= 11 is 5.95. The number of benzene rings is 2. The molecule has 0 aliphatic carbocycles. The first kappa shape index (κ1) is 18.2. The van der Waals surface area contributed by atoms with E-state index in [0.29, 0.717) is 19.5 Å². The zero-order valence-electron chi connectivity index (χ0n) is 14.9. The predicted octanol–water partition coefficient (Wildman–Crippen LogP) is 2.74. The van der Waals surface area contributed by atoms with Crippen molar-refractivity contribution in [3.63, 3.8) is 0 Å². The van der Waals surface area contributed by atoms with Gasteiger partial charge in [0.1, 0.15) is 11.9 Å². The molecule has 0 bridgehead atoms. The lowest BCUT2D eigenvalue weighted by atomic mass is 10.0. The van der Waals surface area contributed by atoms with Gasteiger partial charge in [0.25, 0.3) is 0 Å². The summed E-state index contributed by atoms with van der Waals surface area (Å²) in [6.45, 7) is 2.99. The Morgan fingerprint density at radius 3 is 2.30 bits per heavy atom. The molecule has 2 aliphatic heterocycles. The topological polar surface area (TPSA) is 47.6 Å². The molecule has 2 unspecified atom stereocenters. The third-order valence-corrected chi connectivity index (χ3v) is 5.51. The lowest BCUT2D eigenvalue weighted by Crippen LogP contribution is -2.53. The number of carbonyl (C=O) groups is 1. The Morgan fingerprint density at radius 1 is 0.963 bits per heavy atom. The van der Waals surface area contributed by atoms with E-state index in [1.54, 1.807) is 12.1 Å². The Morgan fingerprint density at radius 2 is 1.63 bits per heavy atom. The number of hydrazine groups is 1. The monoisotopic (exact) mass is 388 g/mol. The van der Waals surface area contributed by atoms with Crippen LogP contribution in [0.15, 0.2) is 48.5 Å². The van der Waals surface area contributed by atoms with Gasteiger partial charge in [0.05, 0.1) is 0 Å². The molecule has 2 aromatic rings. The van der Waals surface area contributed by atoms with E-state index in [4.69, 9.17) is 11.6 Å². The maximum atomic E-state index is 13.1. The molecule has 2 fully saturated rings. The highest BCUT2D eigenvalue weighted by Gasteiger charge is 2.34. The van der Waals surface area contributed by atoms with Crippen LogP contribution in [0.3, 0.4) is 0 Å². The highest BCUT2D eigenvalue weighted by atomic mass is 35.5. The molecule has 0 spiro atoms. The van der Waals surface area contributed by atoms with E-state index in [1.807, 2.05) is 29.2 Å². The van der Waals surface area contributed by atoms with E-state index in [0.717, 1.165) is 29.4 Å². The minimum atomic E-state index is -0.262. The first-order valence-corrected chi connectivity index (χ1v) is 9.54. The van der Waals surface area contributed by atoms with Gasteiger partial charge >= 0.3 is 0 Å². The smallest absolute Gasteiger partial charge is 0.241 e. The van der Waals surface area contributed by atoms with Crippen LogP contribution in [0.25, 0.3) is 0 Å². The van der Waals surface area contributed by atoms with Crippen LogP contribution in [-0.4, -0.2) is 43.0 Å². The molecule has 0 radical (unpaired) electrons. The van der Waals surface area contributed by atoms with Gasteiger partial charge in [0.2, 0.25) is 5.91 Å². The first-order chi connectivity index (χ1) is 13.1. The summed E-state index contributed by atoms with van der Waals surface area (Å²) in [7, 11) is 0. The van der Waals surface area contributed by atoms with Gasteiger partial charge in [-0.15, -0.1) is 0 Å². The number of amides is 1. The quantitative estimate of drug-likeness (QED) is 0.848. The number of halogens is 2. The fraction of sp³-hybridized carbons (Fsp3) is 0.350. The second-order valence-corrected chi connectivity index (χ2v) is 7.41. The molecule has 4 rings (SSSR count). The lowest BCUT2D eigenvalue weighted by molar-refractivity contribution is -0.133. The van der Waals surface area contributed by atoms with Crippen molar-refractivity contribution in [2.75, 3.05) is 31.1 Å².